The van der Waals surface area contributed by atoms with E-state index in [0.29, 0.717) is 16.8 Å². The smallest absolute Gasteiger partial charge is 0.267 e. The van der Waals surface area contributed by atoms with Gasteiger partial charge in [-0.25, -0.2) is 10.5 Å². The molecule has 2 aromatic rings. The van der Waals surface area contributed by atoms with Gasteiger partial charge in [0.05, 0.1) is 6.20 Å². The molecule has 130 valence electrons. The predicted molar refractivity (Wildman–Crippen MR) is 91.4 cm³/mol. The topological polar surface area (TPSA) is 130 Å². The molecular formula is C17H19N5O3. The van der Waals surface area contributed by atoms with E-state index in [1.165, 1.54) is 5.48 Å². The molecule has 0 aliphatic rings. The van der Waals surface area contributed by atoms with Gasteiger partial charge < -0.3 is 11.1 Å². The quantitative estimate of drug-likeness (QED) is 0.354. The number of nitrogens with zero attached hydrogens (tertiary/aromatic N) is 2. The van der Waals surface area contributed by atoms with Crippen molar-refractivity contribution in [3.05, 3.63) is 59.7 Å². The summed E-state index contributed by atoms with van der Waals surface area (Å²) in [7, 11) is 0. The van der Waals surface area contributed by atoms with Gasteiger partial charge in [0.2, 0.25) is 0 Å². The van der Waals surface area contributed by atoms with Crippen LogP contribution in [0.1, 0.15) is 29.0 Å². The number of hydroxylamine groups is 1. The van der Waals surface area contributed by atoms with E-state index in [9.17, 15) is 9.59 Å². The summed E-state index contributed by atoms with van der Waals surface area (Å²) in [4.78, 5) is 31.3. The lowest BCUT2D eigenvalue weighted by Crippen LogP contribution is -2.50. The van der Waals surface area contributed by atoms with Crippen molar-refractivity contribution in [3.63, 3.8) is 0 Å². The largest absolute Gasteiger partial charge is 0.339 e. The van der Waals surface area contributed by atoms with Gasteiger partial charge in [-0.15, -0.1) is 0 Å². The van der Waals surface area contributed by atoms with Crippen LogP contribution in [-0.4, -0.2) is 39.6 Å². The number of carbonyl (C=O) groups is 2. The van der Waals surface area contributed by atoms with Crippen LogP contribution in [0.15, 0.2) is 42.9 Å². The highest BCUT2D eigenvalue weighted by Gasteiger charge is 2.19. The molecule has 1 atom stereocenters. The second-order valence-electron chi connectivity index (χ2n) is 4.66. The van der Waals surface area contributed by atoms with Gasteiger partial charge in [-0.05, 0) is 30.2 Å². The molecule has 0 spiro atoms. The van der Waals surface area contributed by atoms with Crippen molar-refractivity contribution in [2.24, 2.45) is 5.73 Å². The van der Waals surface area contributed by atoms with E-state index in [0.717, 1.165) is 0 Å². The van der Waals surface area contributed by atoms with Crippen molar-refractivity contribution in [3.8, 4) is 11.8 Å². The first-order valence-electron chi connectivity index (χ1n) is 6.97. The van der Waals surface area contributed by atoms with Crippen molar-refractivity contribution in [1.29, 1.82) is 0 Å². The van der Waals surface area contributed by atoms with Crippen LogP contribution in [0.5, 0.6) is 0 Å². The van der Waals surface area contributed by atoms with Gasteiger partial charge >= 0.3 is 0 Å². The van der Waals surface area contributed by atoms with E-state index in [1.807, 2.05) is 0 Å². The summed E-state index contributed by atoms with van der Waals surface area (Å²) in [5.41, 5.74) is 8.40. The summed E-state index contributed by atoms with van der Waals surface area (Å²) in [6.07, 6.45) is 4.66. The number of hydrogen-bond donors (Lipinski definition) is 4. The predicted octanol–water partition coefficient (Wildman–Crippen LogP) is 0.0750. The van der Waals surface area contributed by atoms with Crippen LogP contribution < -0.4 is 16.5 Å². The van der Waals surface area contributed by atoms with Crippen molar-refractivity contribution in [1.82, 2.24) is 20.8 Å². The first-order valence-corrected chi connectivity index (χ1v) is 6.97. The number of benzene rings is 1. The zero-order valence-corrected chi connectivity index (χ0v) is 12.6. The van der Waals surface area contributed by atoms with Crippen molar-refractivity contribution >= 4 is 11.8 Å². The highest BCUT2D eigenvalue weighted by Crippen LogP contribution is 2.04. The second-order valence-corrected chi connectivity index (χ2v) is 4.66. The molecule has 0 unspecified atom stereocenters. The molecule has 0 aliphatic carbocycles. The minimum atomic E-state index is -1.02. The van der Waals surface area contributed by atoms with Gasteiger partial charge in [-0.3, -0.25) is 19.8 Å². The van der Waals surface area contributed by atoms with Crippen LogP contribution in [-0.2, 0) is 4.79 Å². The van der Waals surface area contributed by atoms with Crippen LogP contribution in [0.4, 0.5) is 0 Å². The zero-order valence-electron chi connectivity index (χ0n) is 12.6. The lowest BCUT2D eigenvalue weighted by Gasteiger charge is -2.14. The molecule has 2 amide bonds. The minimum absolute atomic E-state index is 0. The van der Waals surface area contributed by atoms with E-state index in [-0.39, 0.29) is 14.0 Å². The number of nitrogens with two attached hydrogens (primary N) is 1. The average molecular weight is 341 g/mol. The molecule has 8 nitrogen and oxygen atoms in total. The molecule has 8 heteroatoms. The molecule has 0 radical (unpaired) electrons. The third-order valence-corrected chi connectivity index (χ3v) is 3.01. The monoisotopic (exact) mass is 341 g/mol. The van der Waals surface area contributed by atoms with E-state index < -0.39 is 17.9 Å². The Labute approximate surface area is 145 Å². The Morgan fingerprint density at radius 2 is 1.92 bits per heavy atom. The number of carbonyl (C=O) groups excluding carboxylic acids is 2. The van der Waals surface area contributed by atoms with Gasteiger partial charge in [-0.1, -0.05) is 13.3 Å². The van der Waals surface area contributed by atoms with Crippen LogP contribution in [0.3, 0.4) is 0 Å². The van der Waals surface area contributed by atoms with E-state index in [1.54, 1.807) is 42.9 Å². The molecule has 2 rings (SSSR count). The Morgan fingerprint density at radius 1 is 1.20 bits per heavy atom. The molecule has 5 N–H and O–H groups in total. The maximum absolute atomic E-state index is 12.0. The van der Waals surface area contributed by atoms with Gasteiger partial charge in [0, 0.05) is 30.1 Å². The van der Waals surface area contributed by atoms with Crippen molar-refractivity contribution < 1.29 is 14.8 Å². The Morgan fingerprint density at radius 3 is 2.48 bits per heavy atom. The molecule has 0 fully saturated rings. The van der Waals surface area contributed by atoms with Crippen LogP contribution in [0.25, 0.3) is 0 Å². The van der Waals surface area contributed by atoms with Crippen LogP contribution >= 0.6 is 0 Å². The number of aromatic nitrogens is 2. The van der Waals surface area contributed by atoms with Gasteiger partial charge in [-0.2, -0.15) is 0 Å². The van der Waals surface area contributed by atoms with Crippen LogP contribution in [0, 0.1) is 11.8 Å². The van der Waals surface area contributed by atoms with Crippen LogP contribution in [0.2, 0.25) is 0 Å². The molecule has 0 aliphatic heterocycles. The van der Waals surface area contributed by atoms with E-state index >= 15 is 0 Å². The van der Waals surface area contributed by atoms with Gasteiger partial charge in [0.15, 0.2) is 0 Å². The summed E-state index contributed by atoms with van der Waals surface area (Å²) in [5.74, 6) is 4.49. The molecule has 1 aromatic carbocycles. The third kappa shape index (κ3) is 5.69. The lowest BCUT2D eigenvalue weighted by atomic mass is 10.1. The Kier molecular flexibility index (Phi) is 7.72. The standard InChI is InChI=1S/C16H15N5O3.CH4/c17-9-14(16(23)21-24)20-15(22)12-4-1-11(2-5-12)3-6-13-10-18-7-8-19-13;/h1-2,4-5,7-8,10,14,24H,9,17H2,(H,20,22)(H,21,23);1H4/t14-;/m0./s1. The maximum atomic E-state index is 12.0. The Hall–Kier alpha value is -3.28. The summed E-state index contributed by atoms with van der Waals surface area (Å²) >= 11 is 0. The maximum Gasteiger partial charge on any atom is 0.267 e. The van der Waals surface area contributed by atoms with Crippen molar-refractivity contribution in [2.75, 3.05) is 6.54 Å². The Bertz CT molecular complexity index is 766. The fourth-order valence-electron chi connectivity index (χ4n) is 1.76. The fraction of sp³-hybridized carbons (Fsp3) is 0.176. The number of hydrogen-bond acceptors (Lipinski definition) is 6. The number of nitrogens with one attached hydrogen (secondary N) is 2. The Balaban J connectivity index is 0.00000312. The molecule has 0 saturated carbocycles. The molecule has 25 heavy (non-hydrogen) atoms. The third-order valence-electron chi connectivity index (χ3n) is 3.01. The molecular weight excluding hydrogens is 322 g/mol. The first kappa shape index (κ1) is 19.8. The zero-order chi connectivity index (χ0) is 17.4. The second kappa shape index (κ2) is 9.77. The number of amides is 2. The summed E-state index contributed by atoms with van der Waals surface area (Å²) in [6.45, 7) is -0.139. The number of rotatable bonds is 4. The van der Waals surface area contributed by atoms with Gasteiger partial charge in [0.1, 0.15) is 11.7 Å². The summed E-state index contributed by atoms with van der Waals surface area (Å²) in [5, 5.41) is 11.0. The molecule has 0 saturated heterocycles. The highest BCUT2D eigenvalue weighted by molar-refractivity contribution is 5.97. The molecule has 1 heterocycles. The highest BCUT2D eigenvalue weighted by atomic mass is 16.5. The van der Waals surface area contributed by atoms with Crippen molar-refractivity contribution in [2.45, 2.75) is 13.5 Å². The molecule has 1 aromatic heterocycles. The van der Waals surface area contributed by atoms with Gasteiger partial charge in [0.25, 0.3) is 11.8 Å². The summed E-state index contributed by atoms with van der Waals surface area (Å²) in [6, 6.07) is 5.46. The average Bonchev–Trinajstić information content (AvgIpc) is 2.64. The lowest BCUT2D eigenvalue weighted by molar-refractivity contribution is -0.130. The first-order chi connectivity index (χ1) is 11.6. The van der Waals surface area contributed by atoms with E-state index in [2.05, 4.69) is 27.1 Å². The van der Waals surface area contributed by atoms with E-state index in [4.69, 9.17) is 10.9 Å². The SMILES string of the molecule is C.NC[C@H](NC(=O)c1ccc(C#Cc2cnccn2)cc1)C(=O)NO. The normalized spacial score (nSPS) is 10.5. The summed E-state index contributed by atoms with van der Waals surface area (Å²) < 4.78 is 0. The fourth-order valence-corrected chi connectivity index (χ4v) is 1.76. The molecule has 0 bridgehead atoms. The minimum Gasteiger partial charge on any atom is -0.339 e.